The smallest absolute Gasteiger partial charge is 0.306 e. The summed E-state index contributed by atoms with van der Waals surface area (Å²) in [6.07, 6.45) is 41.8. The fraction of sp³-hybridized carbons (Fsp3) is 0.671. The minimum absolute atomic E-state index is 0.0260. The van der Waals surface area contributed by atoms with Gasteiger partial charge in [-0.05, 0) is 177 Å². The third kappa shape index (κ3) is 16.6. The normalized spacial score (nSPS) is 24.4. The number of oxazole rings is 1. The Balaban J connectivity index is 0.638. The highest BCUT2D eigenvalue weighted by Gasteiger charge is 2.59. The molecule has 422 valence electrons. The topological polar surface area (TPSA) is 83.2 Å². The van der Waals surface area contributed by atoms with Gasteiger partial charge >= 0.3 is 5.97 Å². The predicted molar refractivity (Wildman–Crippen MR) is 320 cm³/mol. The number of ether oxygens (including phenoxy) is 3. The zero-order valence-corrected chi connectivity index (χ0v) is 49.1. The molecule has 77 heavy (non-hydrogen) atoms. The van der Waals surface area contributed by atoms with Crippen LogP contribution in [0.4, 0.5) is 5.69 Å². The maximum Gasteiger partial charge on any atom is 0.306 e. The second-order valence-electron chi connectivity index (χ2n) is 25.6. The molecule has 1 heterocycles. The third-order valence-corrected chi connectivity index (χ3v) is 19.6. The molecule has 8 atom stereocenters. The average molecular weight is 1050 g/mol. The largest absolute Gasteiger partial charge is 0.494 e. The lowest BCUT2D eigenvalue weighted by atomic mass is 9.47. The summed E-state index contributed by atoms with van der Waals surface area (Å²) in [5.74, 6) is 7.48. The highest BCUT2D eigenvalue weighted by Crippen LogP contribution is 2.67. The van der Waals surface area contributed by atoms with Gasteiger partial charge in [-0.1, -0.05) is 169 Å². The van der Waals surface area contributed by atoms with Crippen molar-refractivity contribution in [1.29, 1.82) is 0 Å². The van der Waals surface area contributed by atoms with Crippen LogP contribution in [0.1, 0.15) is 240 Å². The van der Waals surface area contributed by atoms with Gasteiger partial charge in [-0.3, -0.25) is 9.79 Å². The van der Waals surface area contributed by atoms with E-state index < -0.39 is 0 Å². The molecule has 0 N–H and O–H groups in total. The zero-order chi connectivity index (χ0) is 53.9. The van der Waals surface area contributed by atoms with E-state index in [2.05, 4.69) is 59.8 Å². The fourth-order valence-electron chi connectivity index (χ4n) is 15.0. The fourth-order valence-corrected chi connectivity index (χ4v) is 15.0. The van der Waals surface area contributed by atoms with Gasteiger partial charge in [0, 0.05) is 30.7 Å². The van der Waals surface area contributed by atoms with Crippen molar-refractivity contribution in [2.24, 2.45) is 51.3 Å². The molecule has 1 aromatic heterocycles. The van der Waals surface area contributed by atoms with E-state index in [4.69, 9.17) is 28.6 Å². The first kappa shape index (κ1) is 58.8. The van der Waals surface area contributed by atoms with Crippen molar-refractivity contribution in [3.05, 3.63) is 83.9 Å². The zero-order valence-electron chi connectivity index (χ0n) is 49.1. The highest BCUT2D eigenvalue weighted by atomic mass is 16.5. The lowest BCUT2D eigenvalue weighted by Crippen LogP contribution is -2.51. The van der Waals surface area contributed by atoms with Gasteiger partial charge in [-0.2, -0.15) is 0 Å². The molecular formula is C70H102N2O5. The first-order valence-electron chi connectivity index (χ1n) is 31.8. The summed E-state index contributed by atoms with van der Waals surface area (Å²) in [4.78, 5) is 22.5. The van der Waals surface area contributed by atoms with Crippen molar-refractivity contribution in [3.63, 3.8) is 0 Å². The van der Waals surface area contributed by atoms with Gasteiger partial charge in [0.25, 0.3) is 0 Å². The molecule has 3 saturated carbocycles. The van der Waals surface area contributed by atoms with Crippen LogP contribution in [0.2, 0.25) is 0 Å². The van der Waals surface area contributed by atoms with Crippen molar-refractivity contribution < 1.29 is 23.4 Å². The summed E-state index contributed by atoms with van der Waals surface area (Å²) in [5, 5.41) is 0. The maximum atomic E-state index is 13.0. The number of benzene rings is 3. The lowest BCUT2D eigenvalue weighted by Gasteiger charge is -2.58. The summed E-state index contributed by atoms with van der Waals surface area (Å²) < 4.78 is 24.5. The Kier molecular flexibility index (Phi) is 22.7. The van der Waals surface area contributed by atoms with E-state index in [9.17, 15) is 4.79 Å². The lowest BCUT2D eigenvalue weighted by molar-refractivity contribution is -0.151. The van der Waals surface area contributed by atoms with Crippen LogP contribution in [0.25, 0.3) is 22.6 Å². The van der Waals surface area contributed by atoms with E-state index in [1.54, 1.807) is 5.57 Å². The van der Waals surface area contributed by atoms with Crippen LogP contribution in [0.3, 0.4) is 0 Å². The number of allylic oxidation sites excluding steroid dienone is 1. The second kappa shape index (κ2) is 29.7. The van der Waals surface area contributed by atoms with Crippen LogP contribution in [-0.2, 0) is 9.53 Å². The van der Waals surface area contributed by atoms with Crippen molar-refractivity contribution in [2.75, 3.05) is 13.2 Å². The summed E-state index contributed by atoms with van der Waals surface area (Å²) in [7, 11) is 0. The summed E-state index contributed by atoms with van der Waals surface area (Å²) >= 11 is 0. The molecule has 0 bridgehead atoms. The number of carbonyl (C=O) groups excluding carboxylic acids is 1. The van der Waals surface area contributed by atoms with Gasteiger partial charge in [-0.25, -0.2) is 4.98 Å². The molecule has 3 fully saturated rings. The van der Waals surface area contributed by atoms with E-state index in [-0.39, 0.29) is 12.1 Å². The van der Waals surface area contributed by atoms with E-state index in [0.717, 1.165) is 127 Å². The van der Waals surface area contributed by atoms with E-state index in [1.807, 2.05) is 60.8 Å². The number of aromatic nitrogens is 1. The van der Waals surface area contributed by atoms with Gasteiger partial charge in [0.05, 0.1) is 18.9 Å². The molecule has 4 aromatic rings. The van der Waals surface area contributed by atoms with Gasteiger partial charge in [0.15, 0.2) is 5.58 Å². The molecule has 0 saturated heterocycles. The van der Waals surface area contributed by atoms with Gasteiger partial charge < -0.3 is 18.6 Å². The van der Waals surface area contributed by atoms with Crippen LogP contribution < -0.4 is 9.47 Å². The second-order valence-corrected chi connectivity index (χ2v) is 25.6. The Bertz CT molecular complexity index is 2440. The van der Waals surface area contributed by atoms with Crippen LogP contribution >= 0.6 is 0 Å². The molecule has 0 spiro atoms. The predicted octanol–water partition coefficient (Wildman–Crippen LogP) is 20.4. The van der Waals surface area contributed by atoms with Crippen molar-refractivity contribution in [3.8, 4) is 23.0 Å². The molecule has 0 amide bonds. The molecule has 4 aliphatic carbocycles. The number of aliphatic imine (C=N–C) groups is 1. The number of unbranched alkanes of at least 4 members (excludes halogenated alkanes) is 16. The Morgan fingerprint density at radius 2 is 1.35 bits per heavy atom. The van der Waals surface area contributed by atoms with Gasteiger partial charge in [-0.15, -0.1) is 0 Å². The molecule has 3 aromatic carbocycles. The van der Waals surface area contributed by atoms with Crippen LogP contribution in [0, 0.1) is 46.3 Å². The third-order valence-electron chi connectivity index (χ3n) is 19.6. The highest BCUT2D eigenvalue weighted by molar-refractivity contribution is 5.82. The standard InChI is InChI=1S/C70H102N2O5/c1-7-8-9-10-11-12-14-17-21-24-48-75-59-38-42-65-66(50-59)77-68(72-65)55-31-34-57(35-32-55)71-51-54-29-36-58(37-30-54)74-47-23-20-18-15-13-16-19-22-28-67(73)76-60-43-45-69(5)56(49-60)33-39-61-63-41-40-62(53(4)27-25-26-52(2)3)70(63,6)46-44-64(61)69/h29-38,42,50-53,60-64H,7-28,39-41,43-49H2,1-6H3/t53-,60?,61+,62-,63+,64+,69+,70-/m1/s1. The van der Waals surface area contributed by atoms with Crippen LogP contribution in [0.15, 0.2) is 87.8 Å². The Labute approximate surface area is 467 Å². The number of carbonyl (C=O) groups is 1. The van der Waals surface area contributed by atoms with E-state index >= 15 is 0 Å². The van der Waals surface area contributed by atoms with Crippen LogP contribution in [0.5, 0.6) is 11.5 Å². The molecule has 1 unspecified atom stereocenters. The minimum Gasteiger partial charge on any atom is -0.494 e. The molecule has 7 nitrogen and oxygen atoms in total. The Hall–Kier alpha value is -4.39. The van der Waals surface area contributed by atoms with Crippen molar-refractivity contribution >= 4 is 29.0 Å². The Morgan fingerprint density at radius 1 is 0.701 bits per heavy atom. The van der Waals surface area contributed by atoms with Crippen molar-refractivity contribution in [2.45, 2.75) is 240 Å². The first-order valence-corrected chi connectivity index (χ1v) is 31.8. The molecule has 8 rings (SSSR count). The summed E-state index contributed by atoms with van der Waals surface area (Å²) in [6.45, 7) is 16.4. The first-order chi connectivity index (χ1) is 37.5. The van der Waals surface area contributed by atoms with E-state index in [1.165, 1.54) is 148 Å². The number of rotatable bonds is 33. The monoisotopic (exact) mass is 1050 g/mol. The molecule has 0 radical (unpaired) electrons. The quantitative estimate of drug-likeness (QED) is 0.0205. The van der Waals surface area contributed by atoms with Crippen LogP contribution in [-0.4, -0.2) is 36.5 Å². The van der Waals surface area contributed by atoms with Gasteiger partial charge in [0.2, 0.25) is 5.89 Å². The summed E-state index contributed by atoms with van der Waals surface area (Å²) in [5.41, 5.74) is 6.82. The molecule has 7 heteroatoms. The minimum atomic E-state index is 0.0260. The average Bonchev–Trinajstić information content (AvgIpc) is 4.13. The van der Waals surface area contributed by atoms with Crippen molar-refractivity contribution in [1.82, 2.24) is 4.98 Å². The van der Waals surface area contributed by atoms with E-state index in [0.29, 0.717) is 23.1 Å². The number of nitrogens with zero attached hydrogens (tertiary/aromatic N) is 2. The maximum absolute atomic E-state index is 13.0. The SMILES string of the molecule is CCCCCCCCCCCCOc1ccc2nc(-c3ccc(N=Cc4ccc(OCCCCCCCCCCC(=O)OC5CC[C@@]6(C)C(=CC[C@H]7[C@@H]8CC[C@H]([C@H](C)CCCC(C)C)[C@@]8(C)CC[C@@H]76)C5)cc4)cc3)oc2c1. The number of hydrogen-bond donors (Lipinski definition) is 0. The number of fused-ring (bicyclic) bond motifs is 6. The van der Waals surface area contributed by atoms with Gasteiger partial charge in [0.1, 0.15) is 23.1 Å². The Morgan fingerprint density at radius 3 is 2.04 bits per heavy atom. The molecular weight excluding hydrogens is 949 g/mol. The summed E-state index contributed by atoms with van der Waals surface area (Å²) in [6, 6.07) is 22.1. The molecule has 4 aliphatic rings. The molecule has 0 aliphatic heterocycles. The number of esters is 1. The number of hydrogen-bond acceptors (Lipinski definition) is 7.